The number of hydrogen-bond donors (Lipinski definition) is 0. The first-order valence-corrected chi connectivity index (χ1v) is 9.23. The van der Waals surface area contributed by atoms with E-state index in [2.05, 4.69) is 27.2 Å². The van der Waals surface area contributed by atoms with Gasteiger partial charge in [-0.3, -0.25) is 4.90 Å². The molecule has 27 heavy (non-hydrogen) atoms. The molecule has 3 aromatic rings. The molecule has 5 nitrogen and oxygen atoms in total. The van der Waals surface area contributed by atoms with Crippen molar-refractivity contribution in [2.24, 2.45) is 0 Å². The molecule has 4 rings (SSSR count). The average molecular weight is 367 g/mol. The van der Waals surface area contributed by atoms with Crippen LogP contribution in [0.2, 0.25) is 0 Å². The predicted molar refractivity (Wildman–Crippen MR) is 99.2 cm³/mol. The second-order valence-corrected chi connectivity index (χ2v) is 6.81. The van der Waals surface area contributed by atoms with Crippen LogP contribution >= 0.6 is 0 Å². The number of benzene rings is 2. The summed E-state index contributed by atoms with van der Waals surface area (Å²) in [6.45, 7) is 2.99. The molecule has 1 atom stereocenters. The van der Waals surface area contributed by atoms with Gasteiger partial charge in [0.25, 0.3) is 0 Å². The Bertz CT molecular complexity index is 845. The predicted octanol–water partition coefficient (Wildman–Crippen LogP) is 4.06. The van der Waals surface area contributed by atoms with Gasteiger partial charge in [-0.1, -0.05) is 35.5 Å². The van der Waals surface area contributed by atoms with Crippen molar-refractivity contribution in [3.05, 3.63) is 71.9 Å². The van der Waals surface area contributed by atoms with Crippen LogP contribution in [-0.4, -0.2) is 34.3 Å². The molecule has 0 saturated carbocycles. The Labute approximate surface area is 157 Å². The van der Waals surface area contributed by atoms with Gasteiger partial charge in [0.05, 0.1) is 12.6 Å². The molecule has 0 amide bonds. The topological polar surface area (TPSA) is 51.4 Å². The van der Waals surface area contributed by atoms with Gasteiger partial charge >= 0.3 is 0 Å². The minimum atomic E-state index is -0.284. The Kier molecular flexibility index (Phi) is 5.55. The van der Waals surface area contributed by atoms with E-state index in [0.717, 1.165) is 38.1 Å². The molecule has 6 heteroatoms. The zero-order valence-corrected chi connectivity index (χ0v) is 15.1. The van der Waals surface area contributed by atoms with Crippen LogP contribution in [0.1, 0.15) is 24.3 Å². The van der Waals surface area contributed by atoms with E-state index in [4.69, 9.17) is 9.26 Å². The van der Waals surface area contributed by atoms with Crippen molar-refractivity contribution in [3.63, 3.8) is 0 Å². The number of rotatable bonds is 7. The highest BCUT2D eigenvalue weighted by Crippen LogP contribution is 2.19. The standard InChI is InChI=1S/C21H22FN3O2/c22-18-10-8-17(9-11-18)21-23-20(27-24-21)15-25(14-19-7-4-12-26-19)13-16-5-2-1-3-6-16/h1-3,5-6,8-11,19H,4,7,12-15H2. The Balaban J connectivity index is 1.47. The van der Waals surface area contributed by atoms with Crippen molar-refractivity contribution in [2.45, 2.75) is 32.0 Å². The maximum Gasteiger partial charge on any atom is 0.241 e. The first-order valence-electron chi connectivity index (χ1n) is 9.23. The van der Waals surface area contributed by atoms with Gasteiger partial charge in [0.2, 0.25) is 11.7 Å². The molecule has 1 fully saturated rings. The van der Waals surface area contributed by atoms with Crippen molar-refractivity contribution < 1.29 is 13.7 Å². The summed E-state index contributed by atoms with van der Waals surface area (Å²) in [5.41, 5.74) is 1.97. The molecule has 1 aliphatic rings. The van der Waals surface area contributed by atoms with Gasteiger partial charge in [-0.05, 0) is 42.7 Å². The minimum Gasteiger partial charge on any atom is -0.377 e. The zero-order valence-electron chi connectivity index (χ0n) is 15.1. The summed E-state index contributed by atoms with van der Waals surface area (Å²) in [5, 5.41) is 4.04. The zero-order chi connectivity index (χ0) is 18.5. The van der Waals surface area contributed by atoms with Crippen LogP contribution in [0.5, 0.6) is 0 Å². The molecule has 140 valence electrons. The second-order valence-electron chi connectivity index (χ2n) is 6.81. The quantitative estimate of drug-likeness (QED) is 0.630. The van der Waals surface area contributed by atoms with E-state index in [1.54, 1.807) is 12.1 Å². The minimum absolute atomic E-state index is 0.244. The molecule has 0 aliphatic carbocycles. The summed E-state index contributed by atoms with van der Waals surface area (Å²) in [4.78, 5) is 6.75. The Hall–Kier alpha value is -2.57. The van der Waals surface area contributed by atoms with Gasteiger partial charge < -0.3 is 9.26 Å². The maximum absolute atomic E-state index is 13.1. The van der Waals surface area contributed by atoms with Gasteiger partial charge in [0.1, 0.15) is 5.82 Å². The Morgan fingerprint density at radius 3 is 2.59 bits per heavy atom. The third-order valence-electron chi connectivity index (χ3n) is 4.66. The van der Waals surface area contributed by atoms with Crippen molar-refractivity contribution in [2.75, 3.05) is 13.2 Å². The summed E-state index contributed by atoms with van der Waals surface area (Å²) >= 11 is 0. The molecule has 1 aromatic heterocycles. The SMILES string of the molecule is Fc1ccc(-c2noc(CN(Cc3ccccc3)CC3CCCO3)n2)cc1. The molecule has 2 heterocycles. The Morgan fingerprint density at radius 2 is 1.85 bits per heavy atom. The van der Waals surface area contributed by atoms with E-state index < -0.39 is 0 Å². The van der Waals surface area contributed by atoms with Crippen LogP contribution in [0.15, 0.2) is 59.1 Å². The van der Waals surface area contributed by atoms with Gasteiger partial charge in [0.15, 0.2) is 0 Å². The van der Waals surface area contributed by atoms with Crippen LogP contribution in [0.25, 0.3) is 11.4 Å². The van der Waals surface area contributed by atoms with Gasteiger partial charge in [-0.25, -0.2) is 4.39 Å². The number of halogens is 1. The largest absolute Gasteiger partial charge is 0.377 e. The van der Waals surface area contributed by atoms with Crippen LogP contribution in [0, 0.1) is 5.82 Å². The van der Waals surface area contributed by atoms with Crippen LogP contribution in [0.4, 0.5) is 4.39 Å². The normalized spacial score (nSPS) is 16.9. The lowest BCUT2D eigenvalue weighted by Crippen LogP contribution is -2.31. The fourth-order valence-electron chi connectivity index (χ4n) is 3.33. The molecule has 0 spiro atoms. The molecular weight excluding hydrogens is 345 g/mol. The summed E-state index contributed by atoms with van der Waals surface area (Å²) in [6.07, 6.45) is 2.43. The van der Waals surface area contributed by atoms with Crippen LogP contribution in [-0.2, 0) is 17.8 Å². The molecule has 0 radical (unpaired) electrons. The van der Waals surface area contributed by atoms with Gasteiger partial charge in [-0.2, -0.15) is 4.98 Å². The van der Waals surface area contributed by atoms with Crippen molar-refractivity contribution in [3.8, 4) is 11.4 Å². The third kappa shape index (κ3) is 4.78. The summed E-state index contributed by atoms with van der Waals surface area (Å²) in [6, 6.07) is 16.4. The molecule has 1 saturated heterocycles. The van der Waals surface area contributed by atoms with Crippen molar-refractivity contribution in [1.82, 2.24) is 15.0 Å². The van der Waals surface area contributed by atoms with Gasteiger partial charge in [0, 0.05) is 25.3 Å². The summed E-state index contributed by atoms with van der Waals surface area (Å²) < 4.78 is 24.3. The highest BCUT2D eigenvalue weighted by molar-refractivity contribution is 5.53. The number of ether oxygens (including phenoxy) is 1. The van der Waals surface area contributed by atoms with E-state index in [0.29, 0.717) is 18.3 Å². The molecule has 1 aliphatic heterocycles. The smallest absolute Gasteiger partial charge is 0.241 e. The first-order chi connectivity index (χ1) is 13.3. The van der Waals surface area contributed by atoms with Crippen LogP contribution < -0.4 is 0 Å². The lowest BCUT2D eigenvalue weighted by Gasteiger charge is -2.23. The van der Waals surface area contributed by atoms with Crippen molar-refractivity contribution in [1.29, 1.82) is 0 Å². The summed E-state index contributed by atoms with van der Waals surface area (Å²) in [5.74, 6) is 0.734. The highest BCUT2D eigenvalue weighted by Gasteiger charge is 2.21. The van der Waals surface area contributed by atoms with Crippen molar-refractivity contribution >= 4 is 0 Å². The van der Waals surface area contributed by atoms with E-state index >= 15 is 0 Å². The van der Waals surface area contributed by atoms with Crippen LogP contribution in [0.3, 0.4) is 0 Å². The first kappa shape index (κ1) is 17.8. The average Bonchev–Trinajstić information content (AvgIpc) is 3.35. The maximum atomic E-state index is 13.1. The fraction of sp³-hybridized carbons (Fsp3) is 0.333. The Morgan fingerprint density at radius 1 is 1.04 bits per heavy atom. The van der Waals surface area contributed by atoms with E-state index in [9.17, 15) is 4.39 Å². The molecule has 1 unspecified atom stereocenters. The molecular formula is C21H22FN3O2. The summed E-state index contributed by atoms with van der Waals surface area (Å²) in [7, 11) is 0. The number of hydrogen-bond acceptors (Lipinski definition) is 5. The van der Waals surface area contributed by atoms with Gasteiger partial charge in [-0.15, -0.1) is 0 Å². The molecule has 2 aromatic carbocycles. The second kappa shape index (κ2) is 8.41. The van der Waals surface area contributed by atoms with E-state index in [1.807, 2.05) is 18.2 Å². The van der Waals surface area contributed by atoms with E-state index in [-0.39, 0.29) is 11.9 Å². The molecule has 0 N–H and O–H groups in total. The molecule has 0 bridgehead atoms. The number of nitrogens with zero attached hydrogens (tertiary/aromatic N) is 3. The lowest BCUT2D eigenvalue weighted by atomic mass is 10.2. The lowest BCUT2D eigenvalue weighted by molar-refractivity contribution is 0.0640. The number of aromatic nitrogens is 2. The monoisotopic (exact) mass is 367 g/mol. The van der Waals surface area contributed by atoms with E-state index in [1.165, 1.54) is 17.7 Å². The highest BCUT2D eigenvalue weighted by atomic mass is 19.1. The fourth-order valence-corrected chi connectivity index (χ4v) is 3.33. The third-order valence-corrected chi connectivity index (χ3v) is 4.66.